The van der Waals surface area contributed by atoms with Crippen molar-refractivity contribution >= 4 is 30.5 Å². The van der Waals surface area contributed by atoms with Crippen LogP contribution in [0.25, 0.3) is 11.2 Å². The van der Waals surface area contributed by atoms with E-state index in [-0.39, 0.29) is 29.5 Å². The first-order valence-corrected chi connectivity index (χ1v) is 15.2. The van der Waals surface area contributed by atoms with Gasteiger partial charge in [0.15, 0.2) is 35.1 Å². The van der Waals surface area contributed by atoms with Crippen LogP contribution in [0.2, 0.25) is 0 Å². The van der Waals surface area contributed by atoms with Crippen molar-refractivity contribution in [3.8, 4) is 0 Å². The van der Waals surface area contributed by atoms with Crippen LogP contribution in [0.5, 0.6) is 0 Å². The molecule has 4 heterocycles. The Balaban J connectivity index is 1.23. The van der Waals surface area contributed by atoms with Crippen LogP contribution in [0.1, 0.15) is 36.0 Å². The van der Waals surface area contributed by atoms with Crippen LogP contribution >= 0.6 is 7.60 Å². The van der Waals surface area contributed by atoms with Crippen LogP contribution in [0.4, 0.5) is 10.2 Å². The molecule has 2 aromatic heterocycles. The molecule has 14 heteroatoms. The fraction of sp³-hybridized carbons (Fsp3) is 0.357. The van der Waals surface area contributed by atoms with E-state index in [4.69, 9.17) is 23.3 Å². The molecule has 2 aliphatic heterocycles. The summed E-state index contributed by atoms with van der Waals surface area (Å²) in [6.45, 7) is 3.86. The molecule has 6 rings (SSSR count). The Morgan fingerprint density at radius 3 is 2.48 bits per heavy atom. The van der Waals surface area contributed by atoms with E-state index in [1.807, 2.05) is 30.3 Å². The maximum Gasteiger partial charge on any atom is 0.328 e. The van der Waals surface area contributed by atoms with E-state index in [2.05, 4.69) is 20.3 Å². The van der Waals surface area contributed by atoms with Crippen molar-refractivity contribution in [2.24, 2.45) is 0 Å². The van der Waals surface area contributed by atoms with Gasteiger partial charge in [-0.15, -0.1) is 0 Å². The van der Waals surface area contributed by atoms with E-state index in [1.165, 1.54) is 23.9 Å². The van der Waals surface area contributed by atoms with Crippen molar-refractivity contribution in [1.82, 2.24) is 19.5 Å². The maximum absolute atomic E-state index is 16.5. The second-order valence-corrected chi connectivity index (χ2v) is 12.5. The third-order valence-corrected chi connectivity index (χ3v) is 8.05. The van der Waals surface area contributed by atoms with E-state index in [1.54, 1.807) is 44.2 Å². The molecule has 2 aromatic carbocycles. The van der Waals surface area contributed by atoms with Gasteiger partial charge in [0.2, 0.25) is 0 Å². The Morgan fingerprint density at radius 1 is 1.02 bits per heavy atom. The monoisotopic (exact) mass is 597 g/mol. The molecular formula is C28H29FN5O7P. The molecule has 0 radical (unpaired) electrons. The zero-order valence-corrected chi connectivity index (χ0v) is 23.9. The third-order valence-electron chi connectivity index (χ3n) is 6.86. The minimum Gasteiger partial charge on any atom is -0.340 e. The molecule has 0 spiro atoms. The highest BCUT2D eigenvalue weighted by Gasteiger charge is 2.65. The number of ether oxygens (including phenoxy) is 3. The quantitative estimate of drug-likeness (QED) is 0.267. The Bertz CT molecular complexity index is 1640. The normalized spacial score (nSPS) is 26.1. The first kappa shape index (κ1) is 28.5. The minimum atomic E-state index is -3.68. The van der Waals surface area contributed by atoms with Gasteiger partial charge in [-0.1, -0.05) is 48.5 Å². The molecule has 42 heavy (non-hydrogen) atoms. The summed E-state index contributed by atoms with van der Waals surface area (Å²) in [6, 6.07) is 17.8. The van der Waals surface area contributed by atoms with Crippen molar-refractivity contribution in [2.45, 2.75) is 50.5 Å². The lowest BCUT2D eigenvalue weighted by Gasteiger charge is -2.29. The van der Waals surface area contributed by atoms with Crippen molar-refractivity contribution in [3.05, 3.63) is 84.4 Å². The topological polar surface area (TPSA) is 136 Å². The molecule has 1 amide bonds. The average molecular weight is 598 g/mol. The molecule has 1 N–H and O–H groups in total. The summed E-state index contributed by atoms with van der Waals surface area (Å²) in [5.74, 6) is -3.91. The standard InChI is InChI=1S/C28H29FN5O7P/c1-27(2)39-21-22(40-27)28(29,15-38-42(3,36)37-14-18-10-6-4-7-11-18)41-26(21)34-17-32-20-23(30-16-31-24(20)34)33-25(35)19-12-8-5-9-13-19/h4-13,16-17,21-22,26H,14-15H2,1-3H3,(H,30,31,33,35)/t21?,22-,26-,28?,42?/m1/s1. The Kier molecular flexibility index (Phi) is 7.42. The van der Waals surface area contributed by atoms with Gasteiger partial charge >= 0.3 is 7.60 Å². The van der Waals surface area contributed by atoms with E-state index >= 15 is 4.39 Å². The van der Waals surface area contributed by atoms with Gasteiger partial charge in [0.1, 0.15) is 19.0 Å². The van der Waals surface area contributed by atoms with E-state index in [0.717, 1.165) is 5.56 Å². The van der Waals surface area contributed by atoms with Crippen LogP contribution in [0.15, 0.2) is 73.3 Å². The second-order valence-electron chi connectivity index (χ2n) is 10.5. The fourth-order valence-corrected chi connectivity index (χ4v) is 5.77. The maximum atomic E-state index is 16.5. The largest absolute Gasteiger partial charge is 0.340 e. The predicted molar refractivity (Wildman–Crippen MR) is 148 cm³/mol. The number of benzene rings is 2. The lowest BCUT2D eigenvalue weighted by Crippen LogP contribution is -2.43. The molecule has 2 fully saturated rings. The van der Waals surface area contributed by atoms with E-state index in [9.17, 15) is 9.36 Å². The summed E-state index contributed by atoms with van der Waals surface area (Å²) < 4.78 is 59.8. The highest BCUT2D eigenvalue weighted by atomic mass is 31.2. The molecule has 12 nitrogen and oxygen atoms in total. The van der Waals surface area contributed by atoms with Crippen LogP contribution in [0, 0.1) is 0 Å². The number of fused-ring (bicyclic) bond motifs is 2. The molecule has 0 aliphatic carbocycles. The van der Waals surface area contributed by atoms with Gasteiger partial charge in [-0.3, -0.25) is 13.9 Å². The van der Waals surface area contributed by atoms with Crippen LogP contribution in [-0.2, 0) is 34.4 Å². The highest BCUT2D eigenvalue weighted by Crippen LogP contribution is 2.52. The third kappa shape index (κ3) is 5.71. The summed E-state index contributed by atoms with van der Waals surface area (Å²) in [5.41, 5.74) is 1.76. The molecule has 4 aromatic rings. The zero-order valence-electron chi connectivity index (χ0n) is 23.0. The first-order chi connectivity index (χ1) is 20.0. The average Bonchev–Trinajstić information content (AvgIpc) is 3.63. The zero-order chi connectivity index (χ0) is 29.5. The summed E-state index contributed by atoms with van der Waals surface area (Å²) in [6.07, 6.45) is -0.613. The van der Waals surface area contributed by atoms with E-state index in [0.29, 0.717) is 5.56 Å². The van der Waals surface area contributed by atoms with Gasteiger partial charge in [-0.05, 0) is 31.5 Å². The molecule has 0 bridgehead atoms. The van der Waals surface area contributed by atoms with Crippen LogP contribution in [-0.4, -0.2) is 62.5 Å². The fourth-order valence-electron chi connectivity index (χ4n) is 4.90. The number of hydrogen-bond donors (Lipinski definition) is 1. The number of hydrogen-bond acceptors (Lipinski definition) is 10. The number of nitrogens with one attached hydrogen (secondary N) is 1. The summed E-state index contributed by atoms with van der Waals surface area (Å²) in [7, 11) is -3.68. The summed E-state index contributed by atoms with van der Waals surface area (Å²) >= 11 is 0. The molecule has 3 unspecified atom stereocenters. The van der Waals surface area contributed by atoms with Gasteiger partial charge in [0, 0.05) is 12.2 Å². The molecule has 2 saturated heterocycles. The van der Waals surface area contributed by atoms with Crippen molar-refractivity contribution in [1.29, 1.82) is 0 Å². The number of anilines is 1. The Hall–Kier alpha value is -3.58. The number of aromatic nitrogens is 4. The minimum absolute atomic E-state index is 0.0277. The van der Waals surface area contributed by atoms with Crippen molar-refractivity contribution in [2.75, 3.05) is 18.6 Å². The lowest BCUT2D eigenvalue weighted by atomic mass is 10.1. The van der Waals surface area contributed by atoms with Gasteiger partial charge < -0.3 is 28.6 Å². The van der Waals surface area contributed by atoms with Gasteiger partial charge in [0.05, 0.1) is 12.9 Å². The van der Waals surface area contributed by atoms with Gasteiger partial charge in [-0.2, -0.15) is 0 Å². The van der Waals surface area contributed by atoms with Crippen LogP contribution < -0.4 is 5.32 Å². The number of nitrogens with zero attached hydrogens (tertiary/aromatic N) is 4. The van der Waals surface area contributed by atoms with Gasteiger partial charge in [-0.25, -0.2) is 19.3 Å². The van der Waals surface area contributed by atoms with E-state index < -0.39 is 44.3 Å². The van der Waals surface area contributed by atoms with Crippen LogP contribution in [0.3, 0.4) is 0 Å². The predicted octanol–water partition coefficient (Wildman–Crippen LogP) is 4.85. The SMILES string of the molecule is CC1(C)OC2[C@H](n3cnc4c(NC(=O)c5ccccc5)ncnc43)OC(F)(COP(C)(=O)OCc3ccccc3)[C@@H]2O1. The number of carbonyl (C=O) groups excluding carboxylic acids is 1. The second kappa shape index (κ2) is 10.9. The Labute approximate surface area is 240 Å². The smallest absolute Gasteiger partial charge is 0.328 e. The van der Waals surface area contributed by atoms with Crippen molar-refractivity contribution < 1.29 is 37.0 Å². The highest BCUT2D eigenvalue weighted by molar-refractivity contribution is 7.52. The first-order valence-electron chi connectivity index (χ1n) is 13.2. The van der Waals surface area contributed by atoms with Crippen molar-refractivity contribution in [3.63, 3.8) is 0 Å². The number of amides is 1. The molecule has 220 valence electrons. The number of halogens is 1. The molecule has 2 aliphatic rings. The Morgan fingerprint density at radius 2 is 1.74 bits per heavy atom. The summed E-state index contributed by atoms with van der Waals surface area (Å²) in [5, 5.41) is 2.74. The molecular weight excluding hydrogens is 568 g/mol. The number of carbonyl (C=O) groups is 1. The lowest BCUT2D eigenvalue weighted by molar-refractivity contribution is -0.262. The summed E-state index contributed by atoms with van der Waals surface area (Å²) in [4.78, 5) is 25.6. The molecule has 0 saturated carbocycles. The molecule has 5 atom stereocenters. The number of alkyl halides is 1. The number of imidazole rings is 1. The van der Waals surface area contributed by atoms with Gasteiger partial charge in [0.25, 0.3) is 11.8 Å². The number of rotatable bonds is 9.